The molecule has 3 heteroatoms. The van der Waals surface area contributed by atoms with Crippen molar-refractivity contribution >= 4 is 17.4 Å². The Morgan fingerprint density at radius 3 is 3.00 bits per heavy atom. The summed E-state index contributed by atoms with van der Waals surface area (Å²) in [6, 6.07) is 2.03. The van der Waals surface area contributed by atoms with Gasteiger partial charge in [0, 0.05) is 16.8 Å². The number of nitrogen functional groups attached to an aromatic ring is 1. The molecule has 1 heterocycles. The number of aromatic nitrogens is 1. The van der Waals surface area contributed by atoms with Crippen molar-refractivity contribution in [3.63, 3.8) is 0 Å². The Morgan fingerprint density at radius 1 is 1.38 bits per heavy atom. The van der Waals surface area contributed by atoms with Gasteiger partial charge in [-0.25, -0.2) is 0 Å². The summed E-state index contributed by atoms with van der Waals surface area (Å²) in [5, 5.41) is 0. The summed E-state index contributed by atoms with van der Waals surface area (Å²) < 4.78 is 0. The maximum atomic E-state index is 5.90. The number of nitrogens with zero attached hydrogens (tertiary/aromatic N) is 1. The van der Waals surface area contributed by atoms with E-state index in [0.29, 0.717) is 0 Å². The highest BCUT2D eigenvalue weighted by molar-refractivity contribution is 7.99. The number of nitrogens with two attached hydrogens (primary N) is 1. The van der Waals surface area contributed by atoms with E-state index >= 15 is 0 Å². The summed E-state index contributed by atoms with van der Waals surface area (Å²) in [5.74, 6) is 4.25. The van der Waals surface area contributed by atoms with Crippen molar-refractivity contribution in [3.05, 3.63) is 18.5 Å². The monoisotopic (exact) mass is 234 g/mol. The van der Waals surface area contributed by atoms with Crippen molar-refractivity contribution < 1.29 is 0 Å². The minimum Gasteiger partial charge on any atom is -0.397 e. The number of hydrogen-bond acceptors (Lipinski definition) is 3. The van der Waals surface area contributed by atoms with Crippen LogP contribution in [0, 0.1) is 17.8 Å². The molecule has 0 aliphatic heterocycles. The Kier molecular flexibility index (Phi) is 2.80. The summed E-state index contributed by atoms with van der Waals surface area (Å²) in [7, 11) is 0. The molecular formula is C13H18N2S. The zero-order valence-corrected chi connectivity index (χ0v) is 10.2. The molecule has 3 unspecified atom stereocenters. The van der Waals surface area contributed by atoms with Crippen LogP contribution < -0.4 is 5.73 Å². The standard InChI is InChI=1S/C13H18N2S/c14-12-7-15-4-3-13(12)16-8-11-6-9-1-2-10(11)5-9/h3-4,7,9-11H,1-2,5-6,8,14H2. The molecule has 3 atom stereocenters. The summed E-state index contributed by atoms with van der Waals surface area (Å²) in [6.45, 7) is 0. The smallest absolute Gasteiger partial charge is 0.0638 e. The fourth-order valence-electron chi connectivity index (χ4n) is 3.30. The topological polar surface area (TPSA) is 38.9 Å². The minimum absolute atomic E-state index is 0.829. The summed E-state index contributed by atoms with van der Waals surface area (Å²) in [5.41, 5.74) is 6.73. The maximum Gasteiger partial charge on any atom is 0.0638 e. The molecule has 2 fully saturated rings. The Balaban J connectivity index is 1.59. The lowest BCUT2D eigenvalue weighted by Gasteiger charge is -2.21. The third-order valence-electron chi connectivity index (χ3n) is 4.15. The van der Waals surface area contributed by atoms with Gasteiger partial charge in [-0.2, -0.15) is 0 Å². The quantitative estimate of drug-likeness (QED) is 0.816. The zero-order valence-electron chi connectivity index (χ0n) is 9.43. The predicted octanol–water partition coefficient (Wildman–Crippen LogP) is 3.19. The number of hydrogen-bond donors (Lipinski definition) is 1. The summed E-state index contributed by atoms with van der Waals surface area (Å²) in [4.78, 5) is 5.23. The summed E-state index contributed by atoms with van der Waals surface area (Å²) in [6.07, 6.45) is 9.51. The van der Waals surface area contributed by atoms with Crippen molar-refractivity contribution in [1.82, 2.24) is 4.98 Å². The second-order valence-corrected chi connectivity index (χ2v) is 6.22. The third-order valence-corrected chi connectivity index (χ3v) is 5.43. The first kappa shape index (κ1) is 10.5. The highest BCUT2D eigenvalue weighted by Gasteiger charge is 2.39. The van der Waals surface area contributed by atoms with E-state index < -0.39 is 0 Å². The van der Waals surface area contributed by atoms with E-state index in [9.17, 15) is 0 Å². The lowest BCUT2D eigenvalue weighted by molar-refractivity contribution is 0.365. The van der Waals surface area contributed by atoms with Crippen LogP contribution in [0.5, 0.6) is 0 Å². The van der Waals surface area contributed by atoms with Crippen LogP contribution in [0.4, 0.5) is 5.69 Å². The van der Waals surface area contributed by atoms with Gasteiger partial charge in [-0.1, -0.05) is 6.42 Å². The van der Waals surface area contributed by atoms with Crippen LogP contribution in [0.2, 0.25) is 0 Å². The average Bonchev–Trinajstić information content (AvgIpc) is 2.90. The molecule has 0 saturated heterocycles. The largest absolute Gasteiger partial charge is 0.397 e. The first-order valence-electron chi connectivity index (χ1n) is 6.15. The van der Waals surface area contributed by atoms with Crippen molar-refractivity contribution in [3.8, 4) is 0 Å². The Bertz CT molecular complexity index is 380. The number of rotatable bonds is 3. The SMILES string of the molecule is Nc1cnccc1SCC1CC2CCC1C2. The fraction of sp³-hybridized carbons (Fsp3) is 0.615. The van der Waals surface area contributed by atoms with Gasteiger partial charge in [-0.05, 0) is 43.1 Å². The van der Waals surface area contributed by atoms with Crippen molar-refractivity contribution in [1.29, 1.82) is 0 Å². The minimum atomic E-state index is 0.829. The molecular weight excluding hydrogens is 216 g/mol. The van der Waals surface area contributed by atoms with Crippen LogP contribution in [0.1, 0.15) is 25.7 Å². The molecule has 2 nitrogen and oxygen atoms in total. The van der Waals surface area contributed by atoms with E-state index in [1.807, 2.05) is 24.0 Å². The molecule has 2 aliphatic rings. The van der Waals surface area contributed by atoms with Gasteiger partial charge < -0.3 is 5.73 Å². The van der Waals surface area contributed by atoms with Crippen LogP contribution in [-0.2, 0) is 0 Å². The molecule has 2 N–H and O–H groups in total. The normalized spacial score (nSPS) is 32.1. The van der Waals surface area contributed by atoms with E-state index in [2.05, 4.69) is 4.98 Å². The van der Waals surface area contributed by atoms with E-state index in [4.69, 9.17) is 5.73 Å². The van der Waals surface area contributed by atoms with Crippen LogP contribution >= 0.6 is 11.8 Å². The molecule has 2 saturated carbocycles. The predicted molar refractivity (Wildman–Crippen MR) is 68.3 cm³/mol. The van der Waals surface area contributed by atoms with Gasteiger partial charge in [0.1, 0.15) is 0 Å². The van der Waals surface area contributed by atoms with Crippen LogP contribution in [0.25, 0.3) is 0 Å². The Hall–Kier alpha value is -0.700. The van der Waals surface area contributed by atoms with Gasteiger partial charge >= 0.3 is 0 Å². The van der Waals surface area contributed by atoms with Gasteiger partial charge in [0.2, 0.25) is 0 Å². The molecule has 16 heavy (non-hydrogen) atoms. The molecule has 2 bridgehead atoms. The van der Waals surface area contributed by atoms with Crippen LogP contribution in [-0.4, -0.2) is 10.7 Å². The van der Waals surface area contributed by atoms with Gasteiger partial charge in [0.05, 0.1) is 11.9 Å². The summed E-state index contributed by atoms with van der Waals surface area (Å²) >= 11 is 1.92. The average molecular weight is 234 g/mol. The van der Waals surface area contributed by atoms with E-state index in [-0.39, 0.29) is 0 Å². The highest BCUT2D eigenvalue weighted by atomic mass is 32.2. The number of anilines is 1. The maximum absolute atomic E-state index is 5.90. The Morgan fingerprint density at radius 2 is 2.31 bits per heavy atom. The first-order valence-corrected chi connectivity index (χ1v) is 7.14. The lowest BCUT2D eigenvalue weighted by Crippen LogP contribution is -2.12. The van der Waals surface area contributed by atoms with Gasteiger partial charge in [0.15, 0.2) is 0 Å². The van der Waals surface area contributed by atoms with Crippen LogP contribution in [0.15, 0.2) is 23.4 Å². The Labute approximate surface area is 101 Å². The molecule has 0 amide bonds. The molecule has 0 radical (unpaired) electrons. The van der Waals surface area contributed by atoms with Crippen molar-refractivity contribution in [2.75, 3.05) is 11.5 Å². The number of thioether (sulfide) groups is 1. The fourth-order valence-corrected chi connectivity index (χ4v) is 4.48. The zero-order chi connectivity index (χ0) is 11.0. The van der Waals surface area contributed by atoms with Gasteiger partial charge in [-0.3, -0.25) is 4.98 Å². The molecule has 2 aliphatic carbocycles. The second kappa shape index (κ2) is 4.28. The van der Waals surface area contributed by atoms with Crippen LogP contribution in [0.3, 0.4) is 0 Å². The second-order valence-electron chi connectivity index (χ2n) is 5.16. The van der Waals surface area contributed by atoms with E-state index in [1.165, 1.54) is 36.3 Å². The molecule has 1 aromatic rings. The third kappa shape index (κ3) is 1.93. The molecule has 1 aromatic heterocycles. The van der Waals surface area contributed by atoms with Gasteiger partial charge in [0.25, 0.3) is 0 Å². The molecule has 3 rings (SSSR count). The lowest BCUT2D eigenvalue weighted by atomic mass is 9.90. The number of fused-ring (bicyclic) bond motifs is 2. The van der Waals surface area contributed by atoms with Gasteiger partial charge in [-0.15, -0.1) is 11.8 Å². The van der Waals surface area contributed by atoms with E-state index in [0.717, 1.165) is 23.4 Å². The number of pyridine rings is 1. The first-order chi connectivity index (χ1) is 7.83. The highest BCUT2D eigenvalue weighted by Crippen LogP contribution is 2.49. The molecule has 86 valence electrons. The molecule has 0 aromatic carbocycles. The van der Waals surface area contributed by atoms with Crippen molar-refractivity contribution in [2.45, 2.75) is 30.6 Å². The van der Waals surface area contributed by atoms with Crippen molar-refractivity contribution in [2.24, 2.45) is 17.8 Å². The van der Waals surface area contributed by atoms with E-state index in [1.54, 1.807) is 6.20 Å². The molecule has 0 spiro atoms.